The number of carbonyl (C=O) groups is 1. The molecule has 3 rings (SSSR count). The van der Waals surface area contributed by atoms with Gasteiger partial charge in [-0.2, -0.15) is 0 Å². The second kappa shape index (κ2) is 8.99. The maximum atomic E-state index is 12.0. The van der Waals surface area contributed by atoms with Crippen LogP contribution < -0.4 is 25.0 Å². The van der Waals surface area contributed by atoms with Gasteiger partial charge in [-0.1, -0.05) is 12.1 Å². The summed E-state index contributed by atoms with van der Waals surface area (Å²) in [6.45, 7) is 2.26. The van der Waals surface area contributed by atoms with Crippen LogP contribution in [-0.2, 0) is 0 Å². The minimum absolute atomic E-state index is 0.0536. The highest BCUT2D eigenvalue weighted by Crippen LogP contribution is 2.25. The Balaban J connectivity index is 1.45. The van der Waals surface area contributed by atoms with E-state index in [0.29, 0.717) is 11.5 Å². The third-order valence-corrected chi connectivity index (χ3v) is 4.38. The maximum Gasteiger partial charge on any atom is 0.321 e. The quantitative estimate of drug-likeness (QED) is 0.773. The number of benzene rings is 2. The summed E-state index contributed by atoms with van der Waals surface area (Å²) in [6.07, 6.45) is 3.80. The summed E-state index contributed by atoms with van der Waals surface area (Å²) in [5.41, 5.74) is 1.95. The molecular weight excluding hydrogens is 330 g/mol. The van der Waals surface area contributed by atoms with Crippen LogP contribution in [0, 0.1) is 0 Å². The van der Waals surface area contributed by atoms with E-state index in [2.05, 4.69) is 15.5 Å². The molecule has 2 amide bonds. The molecule has 6 heteroatoms. The van der Waals surface area contributed by atoms with E-state index in [4.69, 9.17) is 9.47 Å². The summed E-state index contributed by atoms with van der Waals surface area (Å²) in [5.74, 6) is 1.21. The Labute approximate surface area is 154 Å². The first-order chi connectivity index (χ1) is 12.8. The van der Waals surface area contributed by atoms with E-state index in [0.717, 1.165) is 18.8 Å². The number of hydrogen-bond acceptors (Lipinski definition) is 4. The second-order valence-electron chi connectivity index (χ2n) is 6.17. The molecule has 0 saturated carbocycles. The van der Waals surface area contributed by atoms with Gasteiger partial charge in [0.1, 0.15) is 0 Å². The molecule has 1 aliphatic heterocycles. The number of methoxy groups -OCH3 is 1. The standard InChI is InChI=1S/C20H25N3O3/c1-25-18-7-3-4-8-19(18)26-15-21-20(24)22-16-9-11-17(12-10-16)23-13-5-2-6-14-23/h3-4,7-12H,2,5-6,13-15H2,1H3,(H2,21,22,24). The molecule has 0 unspecified atom stereocenters. The molecule has 2 aromatic rings. The summed E-state index contributed by atoms with van der Waals surface area (Å²) in [6, 6.07) is 14.9. The molecule has 2 aromatic carbocycles. The molecule has 6 nitrogen and oxygen atoms in total. The molecule has 1 fully saturated rings. The van der Waals surface area contributed by atoms with E-state index in [9.17, 15) is 4.79 Å². The van der Waals surface area contributed by atoms with Crippen LogP contribution in [0.15, 0.2) is 48.5 Å². The molecule has 1 heterocycles. The number of rotatable bonds is 6. The van der Waals surface area contributed by atoms with Crippen LogP contribution in [-0.4, -0.2) is 33.0 Å². The van der Waals surface area contributed by atoms with Gasteiger partial charge in [-0.15, -0.1) is 0 Å². The SMILES string of the molecule is COc1ccccc1OCNC(=O)Nc1ccc(N2CCCCC2)cc1. The maximum absolute atomic E-state index is 12.0. The van der Waals surface area contributed by atoms with E-state index >= 15 is 0 Å². The molecule has 1 aliphatic rings. The topological polar surface area (TPSA) is 62.8 Å². The van der Waals surface area contributed by atoms with Gasteiger partial charge in [-0.05, 0) is 55.7 Å². The van der Waals surface area contributed by atoms with E-state index in [1.54, 1.807) is 19.2 Å². The third kappa shape index (κ3) is 4.81. The van der Waals surface area contributed by atoms with Crippen molar-refractivity contribution in [1.82, 2.24) is 5.32 Å². The van der Waals surface area contributed by atoms with Gasteiger partial charge in [0.15, 0.2) is 18.2 Å². The first-order valence-electron chi connectivity index (χ1n) is 8.92. The lowest BCUT2D eigenvalue weighted by Gasteiger charge is -2.28. The molecule has 2 N–H and O–H groups in total. The second-order valence-corrected chi connectivity index (χ2v) is 6.17. The summed E-state index contributed by atoms with van der Waals surface area (Å²) in [4.78, 5) is 14.4. The van der Waals surface area contributed by atoms with Crippen molar-refractivity contribution >= 4 is 17.4 Å². The minimum Gasteiger partial charge on any atom is -0.493 e. The number of anilines is 2. The number of para-hydroxylation sites is 2. The van der Waals surface area contributed by atoms with Gasteiger partial charge in [0, 0.05) is 24.5 Å². The van der Waals surface area contributed by atoms with Gasteiger partial charge in [0.2, 0.25) is 0 Å². The Morgan fingerprint density at radius 1 is 1.00 bits per heavy atom. The Bertz CT molecular complexity index is 712. The highest BCUT2D eigenvalue weighted by Gasteiger charge is 2.11. The number of amides is 2. The van der Waals surface area contributed by atoms with Gasteiger partial charge in [-0.3, -0.25) is 0 Å². The van der Waals surface area contributed by atoms with Crippen molar-refractivity contribution in [2.45, 2.75) is 19.3 Å². The first kappa shape index (κ1) is 17.9. The average molecular weight is 355 g/mol. The minimum atomic E-state index is -0.314. The van der Waals surface area contributed by atoms with E-state index < -0.39 is 0 Å². The number of urea groups is 1. The fraction of sp³-hybridized carbons (Fsp3) is 0.350. The molecular formula is C20H25N3O3. The molecule has 26 heavy (non-hydrogen) atoms. The number of hydrogen-bond donors (Lipinski definition) is 2. The molecule has 1 saturated heterocycles. The summed E-state index contributed by atoms with van der Waals surface area (Å²) in [7, 11) is 1.58. The summed E-state index contributed by atoms with van der Waals surface area (Å²) < 4.78 is 10.7. The predicted octanol–water partition coefficient (Wildman–Crippen LogP) is 3.84. The number of piperidine rings is 1. The lowest BCUT2D eigenvalue weighted by molar-refractivity contribution is 0.231. The van der Waals surface area contributed by atoms with Crippen LogP contribution in [0.3, 0.4) is 0 Å². The normalized spacial score (nSPS) is 13.8. The van der Waals surface area contributed by atoms with Crippen molar-refractivity contribution in [3.05, 3.63) is 48.5 Å². The molecule has 0 spiro atoms. The molecule has 0 aromatic heterocycles. The first-order valence-corrected chi connectivity index (χ1v) is 8.92. The van der Waals surface area contributed by atoms with Crippen molar-refractivity contribution in [3.8, 4) is 11.5 Å². The van der Waals surface area contributed by atoms with Gasteiger partial charge in [0.25, 0.3) is 0 Å². The number of nitrogens with one attached hydrogen (secondary N) is 2. The average Bonchev–Trinajstić information content (AvgIpc) is 2.69. The van der Waals surface area contributed by atoms with Crippen molar-refractivity contribution < 1.29 is 14.3 Å². The van der Waals surface area contributed by atoms with Crippen LogP contribution in [0.25, 0.3) is 0 Å². The number of carbonyl (C=O) groups excluding carboxylic acids is 1. The molecule has 0 atom stereocenters. The Morgan fingerprint density at radius 3 is 2.38 bits per heavy atom. The Hall–Kier alpha value is -2.89. The smallest absolute Gasteiger partial charge is 0.321 e. The van der Waals surface area contributed by atoms with Crippen molar-refractivity contribution in [2.24, 2.45) is 0 Å². The van der Waals surface area contributed by atoms with Gasteiger partial charge in [0.05, 0.1) is 7.11 Å². The van der Waals surface area contributed by atoms with Crippen LogP contribution in [0.2, 0.25) is 0 Å². The van der Waals surface area contributed by atoms with E-state index in [1.165, 1.54) is 24.9 Å². The fourth-order valence-corrected chi connectivity index (χ4v) is 3.00. The van der Waals surface area contributed by atoms with Crippen molar-refractivity contribution in [1.29, 1.82) is 0 Å². The van der Waals surface area contributed by atoms with Crippen LogP contribution in [0.4, 0.5) is 16.2 Å². The van der Waals surface area contributed by atoms with Crippen LogP contribution >= 0.6 is 0 Å². The Morgan fingerprint density at radius 2 is 1.69 bits per heavy atom. The Kier molecular flexibility index (Phi) is 6.19. The molecule has 0 radical (unpaired) electrons. The highest BCUT2D eigenvalue weighted by atomic mass is 16.5. The lowest BCUT2D eigenvalue weighted by atomic mass is 10.1. The highest BCUT2D eigenvalue weighted by molar-refractivity contribution is 5.89. The lowest BCUT2D eigenvalue weighted by Crippen LogP contribution is -2.32. The zero-order chi connectivity index (χ0) is 18.2. The van der Waals surface area contributed by atoms with Crippen LogP contribution in [0.5, 0.6) is 11.5 Å². The molecule has 0 aliphatic carbocycles. The fourth-order valence-electron chi connectivity index (χ4n) is 3.00. The van der Waals surface area contributed by atoms with Crippen molar-refractivity contribution in [3.63, 3.8) is 0 Å². The zero-order valence-electron chi connectivity index (χ0n) is 15.0. The zero-order valence-corrected chi connectivity index (χ0v) is 15.0. The van der Waals surface area contributed by atoms with Crippen LogP contribution in [0.1, 0.15) is 19.3 Å². The third-order valence-electron chi connectivity index (χ3n) is 4.38. The predicted molar refractivity (Wildman–Crippen MR) is 103 cm³/mol. The van der Waals surface area contributed by atoms with Gasteiger partial charge in [-0.25, -0.2) is 4.79 Å². The van der Waals surface area contributed by atoms with Gasteiger partial charge < -0.3 is 25.0 Å². The largest absolute Gasteiger partial charge is 0.493 e. The molecule has 0 bridgehead atoms. The molecule has 138 valence electrons. The number of ether oxygens (including phenoxy) is 2. The van der Waals surface area contributed by atoms with Gasteiger partial charge >= 0.3 is 6.03 Å². The van der Waals surface area contributed by atoms with E-state index in [1.807, 2.05) is 36.4 Å². The summed E-state index contributed by atoms with van der Waals surface area (Å²) in [5, 5.41) is 5.48. The monoisotopic (exact) mass is 355 g/mol. The van der Waals surface area contributed by atoms with E-state index in [-0.39, 0.29) is 12.8 Å². The van der Waals surface area contributed by atoms with Crippen molar-refractivity contribution in [2.75, 3.05) is 37.1 Å². The summed E-state index contributed by atoms with van der Waals surface area (Å²) >= 11 is 0. The number of nitrogens with zero attached hydrogens (tertiary/aromatic N) is 1.